The van der Waals surface area contributed by atoms with Gasteiger partial charge in [-0.1, -0.05) is 60.7 Å². The minimum atomic E-state index is -1.41. The second-order valence-electron chi connectivity index (χ2n) is 5.37. The molecule has 0 radical (unpaired) electrons. The zero-order chi connectivity index (χ0) is 18.1. The van der Waals surface area contributed by atoms with Gasteiger partial charge < -0.3 is 20.0 Å². The predicted molar refractivity (Wildman–Crippen MR) is 90.0 cm³/mol. The maximum atomic E-state index is 12.0. The fourth-order valence-corrected chi connectivity index (χ4v) is 2.08. The molecule has 6 heteroatoms. The molecule has 0 aromatic heterocycles. The molecule has 2 unspecified atom stereocenters. The Bertz CT molecular complexity index is 702. The van der Waals surface area contributed by atoms with E-state index >= 15 is 0 Å². The lowest BCUT2D eigenvalue weighted by molar-refractivity contribution is -0.159. The van der Waals surface area contributed by atoms with Crippen molar-refractivity contribution in [3.8, 4) is 0 Å². The second-order valence-corrected chi connectivity index (χ2v) is 5.37. The summed E-state index contributed by atoms with van der Waals surface area (Å²) in [7, 11) is 0. The van der Waals surface area contributed by atoms with E-state index in [1.165, 1.54) is 0 Å². The second kappa shape index (κ2) is 9.34. The van der Waals surface area contributed by atoms with Crippen LogP contribution in [-0.2, 0) is 37.1 Å². The lowest BCUT2D eigenvalue weighted by Crippen LogP contribution is -2.44. The van der Waals surface area contributed by atoms with Gasteiger partial charge in [-0.25, -0.2) is 0 Å². The van der Waals surface area contributed by atoms with Gasteiger partial charge >= 0.3 is 11.9 Å². The summed E-state index contributed by atoms with van der Waals surface area (Å²) in [5.41, 5.74) is 7.24. The molecule has 0 saturated heterocycles. The molecular formula is C19H19NO5. The van der Waals surface area contributed by atoms with Gasteiger partial charge in [0.05, 0.1) is 0 Å². The topological polar surface area (TPSA) is 95.7 Å². The van der Waals surface area contributed by atoms with Crippen LogP contribution in [0.2, 0.25) is 0 Å². The maximum Gasteiger partial charge on any atom is 0.324 e. The number of esters is 2. The summed E-state index contributed by atoms with van der Waals surface area (Å²) in [6.07, 6.45) is 0.307. The monoisotopic (exact) mass is 341 g/mol. The van der Waals surface area contributed by atoms with Gasteiger partial charge in [0.25, 0.3) is 0 Å². The molecule has 6 nitrogen and oxygen atoms in total. The molecule has 130 valence electrons. The average Bonchev–Trinajstić information content (AvgIpc) is 2.66. The number of aldehydes is 1. The van der Waals surface area contributed by atoms with Crippen LogP contribution in [0.5, 0.6) is 0 Å². The molecule has 0 aliphatic heterocycles. The van der Waals surface area contributed by atoms with E-state index in [-0.39, 0.29) is 13.2 Å². The number of carbonyl (C=O) groups is 3. The molecule has 2 aromatic rings. The Morgan fingerprint density at radius 1 is 0.840 bits per heavy atom. The standard InChI is InChI=1S/C19H19NO5/c20-17(19(23)25-13-15-9-5-2-6-10-15)16(11-21)18(22)24-12-14-7-3-1-4-8-14/h1-11,16-17H,12-13,20H2. The van der Waals surface area contributed by atoms with Crippen LogP contribution in [0.15, 0.2) is 60.7 Å². The Hall–Kier alpha value is -2.99. The molecular weight excluding hydrogens is 322 g/mol. The van der Waals surface area contributed by atoms with Gasteiger partial charge in [0.1, 0.15) is 31.5 Å². The van der Waals surface area contributed by atoms with Crippen LogP contribution in [0.25, 0.3) is 0 Å². The highest BCUT2D eigenvalue weighted by molar-refractivity contribution is 5.95. The first-order valence-electron chi connectivity index (χ1n) is 7.74. The van der Waals surface area contributed by atoms with Crippen LogP contribution < -0.4 is 5.73 Å². The number of hydrogen-bond donors (Lipinski definition) is 1. The molecule has 0 bridgehead atoms. The minimum Gasteiger partial charge on any atom is -0.460 e. The van der Waals surface area contributed by atoms with Crippen LogP contribution >= 0.6 is 0 Å². The Morgan fingerprint density at radius 3 is 1.72 bits per heavy atom. The molecule has 0 heterocycles. The molecule has 2 atom stereocenters. The van der Waals surface area contributed by atoms with E-state index in [2.05, 4.69) is 0 Å². The van der Waals surface area contributed by atoms with Gasteiger partial charge in [0, 0.05) is 0 Å². The number of benzene rings is 2. The normalized spacial score (nSPS) is 12.7. The van der Waals surface area contributed by atoms with E-state index in [0.29, 0.717) is 6.29 Å². The van der Waals surface area contributed by atoms with E-state index in [9.17, 15) is 14.4 Å². The van der Waals surface area contributed by atoms with Crippen molar-refractivity contribution in [3.05, 3.63) is 71.8 Å². The summed E-state index contributed by atoms with van der Waals surface area (Å²) in [6, 6.07) is 16.6. The van der Waals surface area contributed by atoms with Gasteiger partial charge in [-0.05, 0) is 11.1 Å². The SMILES string of the molecule is NC(C(=O)OCc1ccccc1)C(C=O)C(=O)OCc1ccccc1. The highest BCUT2D eigenvalue weighted by atomic mass is 16.5. The van der Waals surface area contributed by atoms with Gasteiger partial charge in [-0.15, -0.1) is 0 Å². The van der Waals surface area contributed by atoms with Crippen LogP contribution in [0, 0.1) is 5.92 Å². The first-order valence-corrected chi connectivity index (χ1v) is 7.74. The summed E-state index contributed by atoms with van der Waals surface area (Å²) in [5, 5.41) is 0. The Morgan fingerprint density at radius 2 is 1.28 bits per heavy atom. The fraction of sp³-hybridized carbons (Fsp3) is 0.211. The van der Waals surface area contributed by atoms with E-state index in [0.717, 1.165) is 11.1 Å². The summed E-state index contributed by atoms with van der Waals surface area (Å²) < 4.78 is 10.1. The molecule has 2 N–H and O–H groups in total. The largest absolute Gasteiger partial charge is 0.460 e. The molecule has 0 amide bonds. The summed E-state index contributed by atoms with van der Waals surface area (Å²) in [6.45, 7) is 0.00775. The smallest absolute Gasteiger partial charge is 0.324 e. The average molecular weight is 341 g/mol. The fourth-order valence-electron chi connectivity index (χ4n) is 2.08. The van der Waals surface area contributed by atoms with Crippen LogP contribution in [0.4, 0.5) is 0 Å². The Labute approximate surface area is 145 Å². The van der Waals surface area contributed by atoms with Crippen molar-refractivity contribution in [1.82, 2.24) is 0 Å². The van der Waals surface area contributed by atoms with Crippen LogP contribution in [-0.4, -0.2) is 24.3 Å². The zero-order valence-electron chi connectivity index (χ0n) is 13.5. The van der Waals surface area contributed by atoms with Crippen LogP contribution in [0.3, 0.4) is 0 Å². The molecule has 0 aliphatic carbocycles. The molecule has 0 saturated carbocycles. The van der Waals surface area contributed by atoms with Crippen LogP contribution in [0.1, 0.15) is 11.1 Å². The van der Waals surface area contributed by atoms with Crippen molar-refractivity contribution in [2.24, 2.45) is 11.7 Å². The van der Waals surface area contributed by atoms with Gasteiger partial charge in [0.2, 0.25) is 0 Å². The molecule has 25 heavy (non-hydrogen) atoms. The highest BCUT2D eigenvalue weighted by Gasteiger charge is 2.33. The molecule has 2 rings (SSSR count). The number of nitrogens with two attached hydrogens (primary N) is 1. The van der Waals surface area contributed by atoms with Gasteiger partial charge in [-0.3, -0.25) is 9.59 Å². The Kier molecular flexibility index (Phi) is 6.86. The Balaban J connectivity index is 1.87. The summed E-state index contributed by atoms with van der Waals surface area (Å²) in [5.74, 6) is -3.10. The van der Waals surface area contributed by atoms with Crippen molar-refractivity contribution in [3.63, 3.8) is 0 Å². The molecule has 0 spiro atoms. The quantitative estimate of drug-likeness (QED) is 0.445. The third kappa shape index (κ3) is 5.54. The van der Waals surface area contributed by atoms with Crippen molar-refractivity contribution in [2.75, 3.05) is 0 Å². The summed E-state index contributed by atoms with van der Waals surface area (Å²) >= 11 is 0. The first kappa shape index (κ1) is 18.4. The van der Waals surface area contributed by atoms with Gasteiger partial charge in [-0.2, -0.15) is 0 Å². The minimum absolute atomic E-state index is 0.00417. The molecule has 0 aliphatic rings. The van der Waals surface area contributed by atoms with Crippen molar-refractivity contribution in [1.29, 1.82) is 0 Å². The van der Waals surface area contributed by atoms with E-state index < -0.39 is 23.9 Å². The van der Waals surface area contributed by atoms with E-state index in [1.54, 1.807) is 48.5 Å². The zero-order valence-corrected chi connectivity index (χ0v) is 13.5. The number of hydrogen-bond acceptors (Lipinski definition) is 6. The lowest BCUT2D eigenvalue weighted by atomic mass is 10.0. The lowest BCUT2D eigenvalue weighted by Gasteiger charge is -2.17. The van der Waals surface area contributed by atoms with E-state index in [1.807, 2.05) is 12.1 Å². The van der Waals surface area contributed by atoms with Crippen molar-refractivity contribution >= 4 is 18.2 Å². The maximum absolute atomic E-state index is 12.0. The third-order valence-electron chi connectivity index (χ3n) is 3.53. The molecule has 2 aromatic carbocycles. The van der Waals surface area contributed by atoms with E-state index in [4.69, 9.17) is 15.2 Å². The number of rotatable bonds is 8. The van der Waals surface area contributed by atoms with Gasteiger partial charge in [0.15, 0.2) is 0 Å². The predicted octanol–water partition coefficient (Wildman–Crippen LogP) is 1.62. The summed E-state index contributed by atoms with van der Waals surface area (Å²) in [4.78, 5) is 35.2. The third-order valence-corrected chi connectivity index (χ3v) is 3.53. The number of ether oxygens (including phenoxy) is 2. The number of carbonyl (C=O) groups excluding carboxylic acids is 3. The van der Waals surface area contributed by atoms with Crippen molar-refractivity contribution in [2.45, 2.75) is 19.3 Å². The van der Waals surface area contributed by atoms with Crippen molar-refractivity contribution < 1.29 is 23.9 Å². The molecule has 0 fully saturated rings. The highest BCUT2D eigenvalue weighted by Crippen LogP contribution is 2.09. The first-order chi connectivity index (χ1) is 12.1.